The first kappa shape index (κ1) is 27.5. The lowest BCUT2D eigenvalue weighted by Crippen LogP contribution is -2.57. The summed E-state index contributed by atoms with van der Waals surface area (Å²) in [6.45, 7) is 15.2. The summed E-state index contributed by atoms with van der Waals surface area (Å²) >= 11 is 0. The second kappa shape index (κ2) is 11.3. The molecule has 0 aromatic heterocycles. The number of carbonyl (C=O) groups excluding carboxylic acids is 3. The predicted molar refractivity (Wildman–Crippen MR) is 140 cm³/mol. The van der Waals surface area contributed by atoms with Gasteiger partial charge in [0.05, 0.1) is 18.2 Å². The fraction of sp³-hybridized carbons (Fsp3) is 0.593. The van der Waals surface area contributed by atoms with Gasteiger partial charge in [0.25, 0.3) is 0 Å². The number of esters is 1. The van der Waals surface area contributed by atoms with E-state index in [0.717, 1.165) is 5.56 Å². The summed E-state index contributed by atoms with van der Waals surface area (Å²) in [6, 6.07) is 7.10. The van der Waals surface area contributed by atoms with Crippen LogP contribution < -0.4 is 10.6 Å². The average molecular weight is 500 g/mol. The molecule has 1 saturated heterocycles. The molecule has 1 aromatic carbocycles. The van der Waals surface area contributed by atoms with Gasteiger partial charge in [0.2, 0.25) is 0 Å². The van der Waals surface area contributed by atoms with Gasteiger partial charge >= 0.3 is 18.0 Å². The first-order chi connectivity index (χ1) is 17.0. The molecule has 0 unspecified atom stereocenters. The molecule has 2 heterocycles. The molecule has 0 saturated carbocycles. The Morgan fingerprint density at radius 1 is 1.14 bits per heavy atom. The second-order valence-electron chi connectivity index (χ2n) is 10.5. The molecule has 3 rings (SSSR count). The number of likely N-dealkylation sites (N-methyl/N-ethyl adjacent to an activating group) is 1. The Morgan fingerprint density at radius 3 is 2.36 bits per heavy atom. The largest absolute Gasteiger partial charge is 0.463 e. The van der Waals surface area contributed by atoms with Crippen molar-refractivity contribution >= 4 is 18.0 Å². The number of ether oxygens (including phenoxy) is 1. The number of benzene rings is 1. The summed E-state index contributed by atoms with van der Waals surface area (Å²) in [4.78, 5) is 44.1. The van der Waals surface area contributed by atoms with Gasteiger partial charge in [-0.1, -0.05) is 45.0 Å². The lowest BCUT2D eigenvalue weighted by Gasteiger charge is -2.42. The van der Waals surface area contributed by atoms with Gasteiger partial charge in [-0.2, -0.15) is 0 Å². The first-order valence-electron chi connectivity index (χ1n) is 12.8. The Kier molecular flexibility index (Phi) is 8.66. The van der Waals surface area contributed by atoms with Gasteiger partial charge < -0.3 is 20.3 Å². The summed E-state index contributed by atoms with van der Waals surface area (Å²) in [5.74, 6) is -0.432. The summed E-state index contributed by atoms with van der Waals surface area (Å²) < 4.78 is 5.46. The zero-order valence-electron chi connectivity index (χ0n) is 22.7. The molecule has 198 valence electrons. The summed E-state index contributed by atoms with van der Waals surface area (Å²) in [5.41, 5.74) is 3.07. The van der Waals surface area contributed by atoms with E-state index in [4.69, 9.17) is 4.74 Å². The topological polar surface area (TPSA) is 94.2 Å². The van der Waals surface area contributed by atoms with Crippen LogP contribution in [-0.2, 0) is 14.9 Å². The van der Waals surface area contributed by atoms with E-state index in [1.54, 1.807) is 14.0 Å². The normalized spacial score (nSPS) is 21.4. The molecule has 0 spiro atoms. The average Bonchev–Trinajstić information content (AvgIpc) is 2.81. The van der Waals surface area contributed by atoms with Crippen LogP contribution in [0.1, 0.15) is 58.7 Å². The number of hydrogen-bond acceptors (Lipinski definition) is 5. The highest BCUT2D eigenvalue weighted by atomic mass is 16.5. The number of urea groups is 2. The van der Waals surface area contributed by atoms with E-state index in [9.17, 15) is 14.4 Å². The lowest BCUT2D eigenvalue weighted by atomic mass is 9.85. The standard InChI is InChI=1S/C27H41N5O4/c1-8-28-25(34)32-15-14-31(16-18(32)3)17-21-22(24(33)36-9-2)23(29-26(35)30(21)7)19-10-12-20(13-11-19)27(4,5)6/h10-13,18,23H,8-9,14-17H2,1-7H3,(H,28,34)(H,29,35)/t18-,23-/m1/s1. The third kappa shape index (κ3) is 6.00. The molecule has 4 amide bonds. The Labute approximate surface area is 214 Å². The highest BCUT2D eigenvalue weighted by molar-refractivity contribution is 5.95. The van der Waals surface area contributed by atoms with Crippen molar-refractivity contribution in [3.8, 4) is 0 Å². The van der Waals surface area contributed by atoms with Crippen LogP contribution in [0.15, 0.2) is 35.5 Å². The maximum atomic E-state index is 13.3. The Morgan fingerprint density at radius 2 is 1.81 bits per heavy atom. The summed E-state index contributed by atoms with van der Waals surface area (Å²) in [6.07, 6.45) is 0. The van der Waals surface area contributed by atoms with Crippen LogP contribution in [0.25, 0.3) is 0 Å². The minimum absolute atomic E-state index is 0.000376. The molecule has 1 aromatic rings. The van der Waals surface area contributed by atoms with E-state index < -0.39 is 12.0 Å². The van der Waals surface area contributed by atoms with Gasteiger partial charge in [-0.05, 0) is 37.3 Å². The molecule has 2 N–H and O–H groups in total. The molecule has 9 heteroatoms. The van der Waals surface area contributed by atoms with Crippen LogP contribution in [0.3, 0.4) is 0 Å². The quantitative estimate of drug-likeness (QED) is 0.586. The van der Waals surface area contributed by atoms with E-state index in [1.165, 1.54) is 10.5 Å². The Hall–Kier alpha value is -3.07. The van der Waals surface area contributed by atoms with Crippen LogP contribution in [0, 0.1) is 0 Å². The maximum absolute atomic E-state index is 13.3. The Bertz CT molecular complexity index is 998. The third-order valence-corrected chi connectivity index (χ3v) is 6.86. The summed E-state index contributed by atoms with van der Waals surface area (Å²) in [7, 11) is 1.68. The van der Waals surface area contributed by atoms with Crippen LogP contribution in [0.4, 0.5) is 9.59 Å². The number of nitrogens with one attached hydrogen (secondary N) is 2. The zero-order valence-corrected chi connectivity index (χ0v) is 22.7. The van der Waals surface area contributed by atoms with Gasteiger partial charge in [-0.15, -0.1) is 0 Å². The van der Waals surface area contributed by atoms with Gasteiger partial charge in [-0.3, -0.25) is 9.80 Å². The molecule has 9 nitrogen and oxygen atoms in total. The van der Waals surface area contributed by atoms with Crippen LogP contribution >= 0.6 is 0 Å². The maximum Gasteiger partial charge on any atom is 0.338 e. The first-order valence-corrected chi connectivity index (χ1v) is 12.8. The highest BCUT2D eigenvalue weighted by Gasteiger charge is 2.38. The SMILES string of the molecule is CCNC(=O)N1CCN(CC2=C(C(=O)OCC)[C@@H](c3ccc(C(C)(C)C)cc3)NC(=O)N2C)C[C@H]1C. The Balaban J connectivity index is 1.94. The van der Waals surface area contributed by atoms with Gasteiger partial charge in [0, 0.05) is 51.5 Å². The van der Waals surface area contributed by atoms with Gasteiger partial charge in [-0.25, -0.2) is 14.4 Å². The molecular formula is C27H41N5O4. The van der Waals surface area contributed by atoms with Crippen LogP contribution in [0.2, 0.25) is 0 Å². The molecule has 0 bridgehead atoms. The number of piperazine rings is 1. The van der Waals surface area contributed by atoms with Gasteiger partial charge in [0.15, 0.2) is 0 Å². The molecular weight excluding hydrogens is 458 g/mol. The molecule has 2 atom stereocenters. The number of nitrogens with zero attached hydrogens (tertiary/aromatic N) is 3. The van der Waals surface area contributed by atoms with E-state index >= 15 is 0 Å². The number of amides is 4. The minimum atomic E-state index is -0.606. The molecule has 2 aliphatic rings. The third-order valence-electron chi connectivity index (χ3n) is 6.86. The van der Waals surface area contributed by atoms with Crippen molar-refractivity contribution in [2.24, 2.45) is 0 Å². The van der Waals surface area contributed by atoms with Gasteiger partial charge in [0.1, 0.15) is 0 Å². The lowest BCUT2D eigenvalue weighted by molar-refractivity contribution is -0.139. The molecule has 2 aliphatic heterocycles. The van der Waals surface area contributed by atoms with E-state index in [0.29, 0.717) is 44.0 Å². The van der Waals surface area contributed by atoms with Crippen molar-refractivity contribution < 1.29 is 19.1 Å². The van der Waals surface area contributed by atoms with Crippen molar-refractivity contribution in [3.05, 3.63) is 46.7 Å². The smallest absolute Gasteiger partial charge is 0.338 e. The highest BCUT2D eigenvalue weighted by Crippen LogP contribution is 2.33. The van der Waals surface area contributed by atoms with E-state index in [1.807, 2.05) is 43.0 Å². The van der Waals surface area contributed by atoms with Crippen molar-refractivity contribution in [2.75, 3.05) is 46.4 Å². The number of hydrogen-bond donors (Lipinski definition) is 2. The monoisotopic (exact) mass is 499 g/mol. The fourth-order valence-electron chi connectivity index (χ4n) is 4.77. The molecule has 1 fully saturated rings. The van der Waals surface area contributed by atoms with E-state index in [-0.39, 0.29) is 30.1 Å². The van der Waals surface area contributed by atoms with Crippen LogP contribution in [-0.4, -0.2) is 85.2 Å². The molecule has 0 aliphatic carbocycles. The molecule has 36 heavy (non-hydrogen) atoms. The molecule has 0 radical (unpaired) electrons. The predicted octanol–water partition coefficient (Wildman–Crippen LogP) is 3.23. The minimum Gasteiger partial charge on any atom is -0.463 e. The van der Waals surface area contributed by atoms with Crippen molar-refractivity contribution in [1.29, 1.82) is 0 Å². The van der Waals surface area contributed by atoms with E-state index in [2.05, 4.69) is 36.3 Å². The number of rotatable bonds is 6. The van der Waals surface area contributed by atoms with Crippen molar-refractivity contribution in [3.63, 3.8) is 0 Å². The zero-order chi connectivity index (χ0) is 26.6. The van der Waals surface area contributed by atoms with Crippen molar-refractivity contribution in [2.45, 2.75) is 59.0 Å². The number of carbonyl (C=O) groups is 3. The fourth-order valence-corrected chi connectivity index (χ4v) is 4.77. The summed E-state index contributed by atoms with van der Waals surface area (Å²) in [5, 5.41) is 5.86. The van der Waals surface area contributed by atoms with Crippen molar-refractivity contribution in [1.82, 2.24) is 25.3 Å². The second-order valence-corrected chi connectivity index (χ2v) is 10.5. The van der Waals surface area contributed by atoms with Crippen LogP contribution in [0.5, 0.6) is 0 Å².